The Morgan fingerprint density at radius 2 is 1.55 bits per heavy atom. The van der Waals surface area contributed by atoms with Crippen LogP contribution in [-0.4, -0.2) is 52.7 Å². The van der Waals surface area contributed by atoms with Crippen LogP contribution < -0.4 is 10.6 Å². The van der Waals surface area contributed by atoms with E-state index in [1.165, 1.54) is 4.90 Å². The summed E-state index contributed by atoms with van der Waals surface area (Å²) in [5, 5.41) is 15.9. The number of carbonyl (C=O) groups is 3. The second kappa shape index (κ2) is 13.1. The second-order valence-electron chi connectivity index (χ2n) is 10.8. The van der Waals surface area contributed by atoms with E-state index in [1.54, 1.807) is 46.8 Å². The molecule has 2 rings (SSSR count). The Labute approximate surface area is 230 Å². The number of ether oxygens (including phenoxy) is 1. The lowest BCUT2D eigenvalue weighted by Crippen LogP contribution is -2.55. The predicted octanol–water partition coefficient (Wildman–Crippen LogP) is 5.32. The fraction of sp³-hybridized carbons (Fsp3) is 0.483. The molecule has 0 bridgehead atoms. The topological polar surface area (TPSA) is 108 Å². The highest BCUT2D eigenvalue weighted by Crippen LogP contribution is 2.32. The lowest BCUT2D eigenvalue weighted by molar-refractivity contribution is -0.142. The van der Waals surface area contributed by atoms with Crippen LogP contribution in [0.3, 0.4) is 0 Å². The van der Waals surface area contributed by atoms with Crippen LogP contribution in [0.15, 0.2) is 36.4 Å². The number of para-hydroxylation sites is 1. The van der Waals surface area contributed by atoms with Crippen molar-refractivity contribution in [3.8, 4) is 0 Å². The number of benzene rings is 2. The third-order valence-corrected chi connectivity index (χ3v) is 6.39. The third-order valence-electron chi connectivity index (χ3n) is 6.07. The number of hydrogen-bond donors (Lipinski definition) is 3. The first-order chi connectivity index (χ1) is 17.7. The molecule has 0 aliphatic carbocycles. The van der Waals surface area contributed by atoms with Crippen LogP contribution in [0.4, 0.5) is 10.5 Å². The molecule has 0 spiro atoms. The first kappa shape index (κ1) is 31.1. The lowest BCUT2D eigenvalue weighted by Gasteiger charge is -2.36. The summed E-state index contributed by atoms with van der Waals surface area (Å²) in [5.41, 5.74) is 2.69. The van der Waals surface area contributed by atoms with Gasteiger partial charge in [0.2, 0.25) is 5.91 Å². The van der Waals surface area contributed by atoms with E-state index >= 15 is 0 Å². The summed E-state index contributed by atoms with van der Waals surface area (Å²) >= 11 is 6.40. The van der Waals surface area contributed by atoms with Gasteiger partial charge < -0.3 is 25.4 Å². The number of nitrogens with zero attached hydrogens (tertiary/aromatic N) is 1. The van der Waals surface area contributed by atoms with Gasteiger partial charge >= 0.3 is 6.09 Å². The van der Waals surface area contributed by atoms with E-state index < -0.39 is 35.6 Å². The number of aliphatic hydroxyl groups excluding tert-OH is 1. The van der Waals surface area contributed by atoms with Crippen LogP contribution in [0, 0.1) is 26.7 Å². The van der Waals surface area contributed by atoms with Crippen molar-refractivity contribution in [1.82, 2.24) is 10.2 Å². The Kier molecular flexibility index (Phi) is 10.7. The van der Waals surface area contributed by atoms with Gasteiger partial charge in [-0.15, -0.1) is 0 Å². The molecule has 0 saturated heterocycles. The van der Waals surface area contributed by atoms with E-state index in [-0.39, 0.29) is 19.1 Å². The Hall–Kier alpha value is -3.10. The van der Waals surface area contributed by atoms with Gasteiger partial charge in [0.1, 0.15) is 17.7 Å². The SMILES string of the molecule is Cc1cccc(Cl)c1NC(=O)C(c1c(C)cccc1C)N(CCO)C(=O)C(NC(=O)OC(C)(C)C)C(C)C. The van der Waals surface area contributed by atoms with Gasteiger partial charge in [-0.2, -0.15) is 0 Å². The van der Waals surface area contributed by atoms with E-state index in [4.69, 9.17) is 16.3 Å². The molecule has 0 radical (unpaired) electrons. The minimum atomic E-state index is -1.10. The second-order valence-corrected chi connectivity index (χ2v) is 11.2. The van der Waals surface area contributed by atoms with Crippen molar-refractivity contribution in [3.63, 3.8) is 0 Å². The molecule has 2 aromatic rings. The molecule has 8 nitrogen and oxygen atoms in total. The maximum atomic E-state index is 14.0. The van der Waals surface area contributed by atoms with Gasteiger partial charge in [0, 0.05) is 6.54 Å². The zero-order valence-corrected chi connectivity index (χ0v) is 24.3. The Balaban J connectivity index is 2.61. The number of rotatable bonds is 9. The molecule has 0 aliphatic rings. The molecule has 0 aliphatic heterocycles. The highest BCUT2D eigenvalue weighted by atomic mass is 35.5. The molecule has 0 saturated carbocycles. The van der Waals surface area contributed by atoms with Crippen molar-refractivity contribution >= 4 is 35.2 Å². The summed E-state index contributed by atoms with van der Waals surface area (Å²) in [6.45, 7) is 13.8. The van der Waals surface area contributed by atoms with Crippen molar-refractivity contribution in [1.29, 1.82) is 0 Å². The molecule has 9 heteroatoms. The van der Waals surface area contributed by atoms with Crippen molar-refractivity contribution < 1.29 is 24.2 Å². The fourth-order valence-electron chi connectivity index (χ4n) is 4.27. The standard InChI is InChI=1S/C29H40ClN3O5/c1-17(2)23(32-28(37)38-29(6,7)8)27(36)33(15-16-34)25(22-18(3)11-9-12-19(22)4)26(35)31-24-20(5)13-10-14-21(24)30/h9-14,17,23,25,34H,15-16H2,1-8H3,(H,31,35)(H,32,37). The number of anilines is 1. The van der Waals surface area contributed by atoms with Crippen LogP contribution in [0.5, 0.6) is 0 Å². The molecule has 2 aromatic carbocycles. The molecule has 2 unspecified atom stereocenters. The van der Waals surface area contributed by atoms with Crippen LogP contribution in [0.25, 0.3) is 0 Å². The normalized spacial score (nSPS) is 13.0. The predicted molar refractivity (Wildman–Crippen MR) is 150 cm³/mol. The largest absolute Gasteiger partial charge is 0.444 e. The fourth-order valence-corrected chi connectivity index (χ4v) is 4.54. The van der Waals surface area contributed by atoms with Crippen molar-refractivity contribution in [2.45, 2.75) is 73.1 Å². The Bertz CT molecular complexity index is 1120. The van der Waals surface area contributed by atoms with E-state index in [0.29, 0.717) is 16.3 Å². The molecular weight excluding hydrogens is 506 g/mol. The number of aliphatic hydroxyl groups is 1. The first-order valence-corrected chi connectivity index (χ1v) is 13.1. The van der Waals surface area contributed by atoms with Gasteiger partial charge in [0.05, 0.1) is 17.3 Å². The molecule has 3 N–H and O–H groups in total. The van der Waals surface area contributed by atoms with Gasteiger partial charge in [0.15, 0.2) is 0 Å². The molecule has 3 amide bonds. The van der Waals surface area contributed by atoms with E-state index in [2.05, 4.69) is 10.6 Å². The number of amides is 3. The third kappa shape index (κ3) is 7.95. The van der Waals surface area contributed by atoms with Crippen LogP contribution in [0.1, 0.15) is 62.9 Å². The Morgan fingerprint density at radius 3 is 2.05 bits per heavy atom. The highest BCUT2D eigenvalue weighted by molar-refractivity contribution is 6.34. The highest BCUT2D eigenvalue weighted by Gasteiger charge is 2.38. The quantitative estimate of drug-likeness (QED) is 0.395. The molecule has 38 heavy (non-hydrogen) atoms. The number of nitrogens with one attached hydrogen (secondary N) is 2. The monoisotopic (exact) mass is 545 g/mol. The summed E-state index contributed by atoms with van der Waals surface area (Å²) in [5.74, 6) is -1.33. The smallest absolute Gasteiger partial charge is 0.408 e. The average molecular weight is 546 g/mol. The molecule has 0 heterocycles. The Morgan fingerprint density at radius 1 is 1.00 bits per heavy atom. The van der Waals surface area contributed by atoms with Gasteiger partial charge in [-0.25, -0.2) is 4.79 Å². The number of carbonyl (C=O) groups excluding carboxylic acids is 3. The molecule has 2 atom stereocenters. The summed E-state index contributed by atoms with van der Waals surface area (Å²) in [7, 11) is 0. The van der Waals surface area contributed by atoms with Crippen LogP contribution in [-0.2, 0) is 14.3 Å². The average Bonchev–Trinajstić information content (AvgIpc) is 2.79. The van der Waals surface area contributed by atoms with Crippen LogP contribution >= 0.6 is 11.6 Å². The van der Waals surface area contributed by atoms with Crippen LogP contribution in [0.2, 0.25) is 5.02 Å². The summed E-state index contributed by atoms with van der Waals surface area (Å²) in [6, 6.07) is 8.79. The zero-order valence-electron chi connectivity index (χ0n) is 23.5. The van der Waals surface area contributed by atoms with Crippen molar-refractivity contribution in [2.24, 2.45) is 5.92 Å². The number of alkyl carbamates (subject to hydrolysis) is 1. The summed E-state index contributed by atoms with van der Waals surface area (Å²) in [6.07, 6.45) is -0.742. The van der Waals surface area contributed by atoms with Crippen molar-refractivity contribution in [2.75, 3.05) is 18.5 Å². The van der Waals surface area contributed by atoms with Gasteiger partial charge in [0.25, 0.3) is 5.91 Å². The number of aryl methyl sites for hydroxylation is 3. The maximum absolute atomic E-state index is 14.0. The summed E-state index contributed by atoms with van der Waals surface area (Å²) < 4.78 is 5.38. The van der Waals surface area contributed by atoms with E-state index in [9.17, 15) is 19.5 Å². The van der Waals surface area contributed by atoms with Gasteiger partial charge in [-0.3, -0.25) is 9.59 Å². The van der Waals surface area contributed by atoms with Crippen molar-refractivity contribution in [3.05, 3.63) is 63.7 Å². The van der Waals surface area contributed by atoms with E-state index in [1.807, 2.05) is 45.0 Å². The molecule has 208 valence electrons. The minimum absolute atomic E-state index is 0.134. The number of halogens is 1. The maximum Gasteiger partial charge on any atom is 0.408 e. The first-order valence-electron chi connectivity index (χ1n) is 12.7. The van der Waals surface area contributed by atoms with Gasteiger partial charge in [-0.05, 0) is 75.8 Å². The van der Waals surface area contributed by atoms with Gasteiger partial charge in [-0.1, -0.05) is 55.8 Å². The molecule has 0 aromatic heterocycles. The lowest BCUT2D eigenvalue weighted by atomic mass is 9.92. The molecular formula is C29H40ClN3O5. The number of hydrogen-bond acceptors (Lipinski definition) is 5. The zero-order chi connectivity index (χ0) is 28.8. The molecule has 0 fully saturated rings. The summed E-state index contributed by atoms with van der Waals surface area (Å²) in [4.78, 5) is 42.0. The van der Waals surface area contributed by atoms with E-state index in [0.717, 1.165) is 16.7 Å². The minimum Gasteiger partial charge on any atom is -0.444 e.